The van der Waals surface area contributed by atoms with Crippen LogP contribution in [0.1, 0.15) is 17.6 Å². The van der Waals surface area contributed by atoms with Crippen LogP contribution in [0.15, 0.2) is 33.8 Å². The summed E-state index contributed by atoms with van der Waals surface area (Å²) in [4.78, 5) is 21.0. The van der Waals surface area contributed by atoms with E-state index in [0.717, 1.165) is 18.9 Å². The van der Waals surface area contributed by atoms with Crippen LogP contribution < -0.4 is 10.9 Å². The SMILES string of the molecule is O=c1c2cccnc2cnn1Cc1nc(C2[C@H]3CNC[C@@H]23)no1. The maximum Gasteiger partial charge on any atom is 0.276 e. The normalized spacial score (nSPS) is 25.7. The Balaban J connectivity index is 1.43. The Kier molecular flexibility index (Phi) is 2.63. The lowest BCUT2D eigenvalue weighted by molar-refractivity contribution is 0.358. The second-order valence-corrected chi connectivity index (χ2v) is 6.10. The first-order chi connectivity index (χ1) is 11.3. The van der Waals surface area contributed by atoms with Crippen LogP contribution in [0.25, 0.3) is 10.9 Å². The third kappa shape index (κ3) is 1.98. The summed E-state index contributed by atoms with van der Waals surface area (Å²) in [5.41, 5.74) is 0.376. The van der Waals surface area contributed by atoms with E-state index in [4.69, 9.17) is 4.52 Å². The zero-order chi connectivity index (χ0) is 15.4. The number of aromatic nitrogens is 5. The lowest BCUT2D eigenvalue weighted by atomic mass is 10.3. The first-order valence-corrected chi connectivity index (χ1v) is 7.65. The second-order valence-electron chi connectivity index (χ2n) is 6.10. The molecular weight excluding hydrogens is 296 g/mol. The second kappa shape index (κ2) is 4.69. The van der Waals surface area contributed by atoms with E-state index in [1.165, 1.54) is 4.68 Å². The van der Waals surface area contributed by atoms with Gasteiger partial charge in [0.05, 0.1) is 17.1 Å². The average Bonchev–Trinajstić information content (AvgIpc) is 2.96. The summed E-state index contributed by atoms with van der Waals surface area (Å²) in [5, 5.41) is 12.1. The highest BCUT2D eigenvalue weighted by atomic mass is 16.5. The maximum atomic E-state index is 12.4. The number of hydrogen-bond donors (Lipinski definition) is 1. The smallest absolute Gasteiger partial charge is 0.276 e. The molecule has 0 aromatic carbocycles. The summed E-state index contributed by atoms with van der Waals surface area (Å²) in [6.45, 7) is 2.23. The lowest BCUT2D eigenvalue weighted by Crippen LogP contribution is -2.23. The van der Waals surface area contributed by atoms with Crippen LogP contribution in [0.5, 0.6) is 0 Å². The molecule has 1 N–H and O–H groups in total. The van der Waals surface area contributed by atoms with Crippen LogP contribution in [-0.2, 0) is 6.54 Å². The van der Waals surface area contributed by atoms with E-state index in [9.17, 15) is 4.79 Å². The summed E-state index contributed by atoms with van der Waals surface area (Å²) >= 11 is 0. The largest absolute Gasteiger partial charge is 0.337 e. The Morgan fingerprint density at radius 1 is 1.35 bits per heavy atom. The van der Waals surface area contributed by atoms with E-state index in [1.54, 1.807) is 24.5 Å². The first-order valence-electron chi connectivity index (χ1n) is 7.65. The molecule has 2 fully saturated rings. The molecule has 1 aliphatic carbocycles. The molecule has 1 aliphatic heterocycles. The molecule has 3 aromatic rings. The monoisotopic (exact) mass is 310 g/mol. The third-order valence-corrected chi connectivity index (χ3v) is 4.78. The van der Waals surface area contributed by atoms with Gasteiger partial charge < -0.3 is 9.84 Å². The first kappa shape index (κ1) is 12.9. The van der Waals surface area contributed by atoms with E-state index < -0.39 is 0 Å². The molecule has 8 heteroatoms. The number of nitrogens with one attached hydrogen (secondary N) is 1. The molecule has 4 heterocycles. The molecule has 0 spiro atoms. The Hall–Kier alpha value is -2.61. The minimum absolute atomic E-state index is 0.178. The summed E-state index contributed by atoms with van der Waals surface area (Å²) in [5.74, 6) is 2.84. The van der Waals surface area contributed by atoms with E-state index in [2.05, 4.69) is 25.5 Å². The summed E-state index contributed by atoms with van der Waals surface area (Å²) in [7, 11) is 0. The Bertz CT molecular complexity index is 938. The molecule has 2 aliphatic rings. The fraction of sp³-hybridized carbons (Fsp3) is 0.400. The molecule has 3 atom stereocenters. The highest BCUT2D eigenvalue weighted by Crippen LogP contribution is 2.54. The van der Waals surface area contributed by atoms with Crippen LogP contribution in [0.4, 0.5) is 0 Å². The molecule has 23 heavy (non-hydrogen) atoms. The summed E-state index contributed by atoms with van der Waals surface area (Å²) in [6, 6.07) is 3.47. The van der Waals surface area contributed by atoms with Crippen molar-refractivity contribution >= 4 is 10.9 Å². The van der Waals surface area contributed by atoms with Crippen molar-refractivity contribution in [1.82, 2.24) is 30.2 Å². The van der Waals surface area contributed by atoms with Gasteiger partial charge in [0.25, 0.3) is 5.56 Å². The molecule has 0 radical (unpaired) electrons. The van der Waals surface area contributed by atoms with Crippen LogP contribution >= 0.6 is 0 Å². The predicted octanol–water partition coefficient (Wildman–Crippen LogP) is 0.156. The van der Waals surface area contributed by atoms with Gasteiger partial charge in [-0.05, 0) is 37.1 Å². The number of rotatable bonds is 3. The van der Waals surface area contributed by atoms with Crippen molar-refractivity contribution in [3.8, 4) is 0 Å². The van der Waals surface area contributed by atoms with E-state index >= 15 is 0 Å². The topological polar surface area (TPSA) is 98.7 Å². The van der Waals surface area contributed by atoms with E-state index in [0.29, 0.717) is 34.5 Å². The van der Waals surface area contributed by atoms with Crippen molar-refractivity contribution in [2.45, 2.75) is 12.5 Å². The van der Waals surface area contributed by atoms with Gasteiger partial charge in [-0.2, -0.15) is 10.1 Å². The molecule has 116 valence electrons. The van der Waals surface area contributed by atoms with Crippen LogP contribution in [0.3, 0.4) is 0 Å². The molecule has 8 nitrogen and oxygen atoms in total. The van der Waals surface area contributed by atoms with Crippen molar-refractivity contribution in [3.63, 3.8) is 0 Å². The van der Waals surface area contributed by atoms with Crippen molar-refractivity contribution < 1.29 is 4.52 Å². The van der Waals surface area contributed by atoms with Crippen LogP contribution in [-0.4, -0.2) is 38.0 Å². The van der Waals surface area contributed by atoms with Gasteiger partial charge >= 0.3 is 0 Å². The van der Waals surface area contributed by atoms with E-state index in [1.807, 2.05) is 0 Å². The summed E-state index contributed by atoms with van der Waals surface area (Å²) < 4.78 is 6.64. The molecule has 1 unspecified atom stereocenters. The van der Waals surface area contributed by atoms with Gasteiger partial charge in [0.15, 0.2) is 5.82 Å². The van der Waals surface area contributed by atoms with Gasteiger partial charge in [-0.25, -0.2) is 4.68 Å². The zero-order valence-corrected chi connectivity index (χ0v) is 12.2. The minimum atomic E-state index is -0.206. The lowest BCUT2D eigenvalue weighted by Gasteiger charge is -2.02. The molecule has 5 rings (SSSR count). The summed E-state index contributed by atoms with van der Waals surface area (Å²) in [6.07, 6.45) is 3.21. The van der Waals surface area contributed by atoms with Gasteiger partial charge in [-0.1, -0.05) is 5.16 Å². The van der Waals surface area contributed by atoms with Gasteiger partial charge in [-0.15, -0.1) is 0 Å². The van der Waals surface area contributed by atoms with Crippen molar-refractivity contribution in [2.24, 2.45) is 11.8 Å². The number of pyridine rings is 1. The van der Waals surface area contributed by atoms with E-state index in [-0.39, 0.29) is 12.1 Å². The molecule has 3 aromatic heterocycles. The highest BCUT2D eigenvalue weighted by Gasteiger charge is 2.55. The molecule has 0 amide bonds. The fourth-order valence-electron chi connectivity index (χ4n) is 3.53. The quantitative estimate of drug-likeness (QED) is 0.735. The number of fused-ring (bicyclic) bond motifs is 2. The number of nitrogens with zero attached hydrogens (tertiary/aromatic N) is 5. The molecular formula is C15H14N6O2. The van der Waals surface area contributed by atoms with Crippen LogP contribution in [0.2, 0.25) is 0 Å². The Morgan fingerprint density at radius 3 is 3.09 bits per heavy atom. The Labute approximate surface area is 130 Å². The Morgan fingerprint density at radius 2 is 2.22 bits per heavy atom. The average molecular weight is 310 g/mol. The van der Waals surface area contributed by atoms with Gasteiger partial charge in [0, 0.05) is 12.1 Å². The van der Waals surface area contributed by atoms with Gasteiger partial charge in [0.1, 0.15) is 6.54 Å². The van der Waals surface area contributed by atoms with Gasteiger partial charge in [0.2, 0.25) is 5.89 Å². The van der Waals surface area contributed by atoms with Crippen LogP contribution in [0, 0.1) is 11.8 Å². The molecule has 1 saturated carbocycles. The number of piperidine rings is 1. The molecule has 1 saturated heterocycles. The third-order valence-electron chi connectivity index (χ3n) is 4.78. The molecule has 0 bridgehead atoms. The fourth-order valence-corrected chi connectivity index (χ4v) is 3.53. The van der Waals surface area contributed by atoms with Crippen molar-refractivity contribution in [1.29, 1.82) is 0 Å². The standard InChI is InChI=1S/C15H14N6O2/c22-15-8-2-1-3-17-11(8)6-18-21(15)7-12-19-14(20-23-12)13-9-4-16-5-10(9)13/h1-3,6,9-10,13,16H,4-5,7H2/t9-,10+,13?. The predicted molar refractivity (Wildman–Crippen MR) is 79.8 cm³/mol. The number of hydrogen-bond acceptors (Lipinski definition) is 7. The van der Waals surface area contributed by atoms with Crippen molar-refractivity contribution in [2.75, 3.05) is 13.1 Å². The maximum absolute atomic E-state index is 12.4. The highest BCUT2D eigenvalue weighted by molar-refractivity contribution is 5.75. The zero-order valence-electron chi connectivity index (χ0n) is 12.2. The van der Waals surface area contributed by atoms with Crippen molar-refractivity contribution in [3.05, 3.63) is 46.6 Å². The van der Waals surface area contributed by atoms with Gasteiger partial charge in [-0.3, -0.25) is 9.78 Å². The minimum Gasteiger partial charge on any atom is -0.337 e.